The minimum atomic E-state index is -1.71. The van der Waals surface area contributed by atoms with Gasteiger partial charge in [0.1, 0.15) is 0 Å². The molecule has 2 rings (SSSR count). The number of methoxy groups -OCH3 is 2. The van der Waals surface area contributed by atoms with E-state index in [2.05, 4.69) is 10.3 Å². The Morgan fingerprint density at radius 1 is 1.38 bits per heavy atom. The number of nitrogens with one attached hydrogen (secondary N) is 1. The molecular weight excluding hydrogens is 364 g/mol. The maximum Gasteiger partial charge on any atom is 0.315 e. The largest absolute Gasteiger partial charge is 0.493 e. The number of amides is 1. The van der Waals surface area contributed by atoms with E-state index in [0.29, 0.717) is 0 Å². The lowest BCUT2D eigenvalue weighted by molar-refractivity contribution is -0.385. The molecule has 134 valence electrons. The Bertz CT molecular complexity index is 890. The third kappa shape index (κ3) is 3.76. The van der Waals surface area contributed by atoms with E-state index in [9.17, 15) is 25.0 Å². The van der Waals surface area contributed by atoms with Gasteiger partial charge in [0.05, 0.1) is 25.2 Å². The van der Waals surface area contributed by atoms with Crippen molar-refractivity contribution >= 4 is 33.8 Å². The summed E-state index contributed by atoms with van der Waals surface area (Å²) < 4.78 is 9.94. The molecule has 1 aromatic heterocycles. The number of anilines is 1. The van der Waals surface area contributed by atoms with Crippen molar-refractivity contribution in [1.82, 2.24) is 4.98 Å². The summed E-state index contributed by atoms with van der Waals surface area (Å²) >= 11 is 1.11. The fourth-order valence-corrected chi connectivity index (χ4v) is 2.62. The van der Waals surface area contributed by atoms with Crippen LogP contribution in [0.4, 0.5) is 10.8 Å². The normalized spacial score (nSPS) is 11.1. The van der Waals surface area contributed by atoms with Crippen LogP contribution >= 0.6 is 11.3 Å². The lowest BCUT2D eigenvalue weighted by Crippen LogP contribution is -2.28. The minimum absolute atomic E-state index is 0.0675. The smallest absolute Gasteiger partial charge is 0.315 e. The van der Waals surface area contributed by atoms with E-state index >= 15 is 0 Å². The average Bonchev–Trinajstić information content (AvgIpc) is 3.13. The van der Waals surface area contributed by atoms with Gasteiger partial charge in [-0.05, 0) is 6.07 Å². The first-order valence-corrected chi connectivity index (χ1v) is 7.85. The van der Waals surface area contributed by atoms with Crippen LogP contribution in [0.15, 0.2) is 23.7 Å². The van der Waals surface area contributed by atoms with Crippen LogP contribution < -0.4 is 14.8 Å². The van der Waals surface area contributed by atoms with Crippen LogP contribution in [-0.4, -0.2) is 35.8 Å². The van der Waals surface area contributed by atoms with Crippen LogP contribution in [0.5, 0.6) is 11.5 Å². The van der Waals surface area contributed by atoms with Gasteiger partial charge in [-0.1, -0.05) is 0 Å². The lowest BCUT2D eigenvalue weighted by Gasteiger charge is -2.12. The Hall–Kier alpha value is -3.52. The van der Waals surface area contributed by atoms with Crippen molar-refractivity contribution in [1.29, 1.82) is 5.26 Å². The van der Waals surface area contributed by atoms with Gasteiger partial charge in [0.2, 0.25) is 5.75 Å². The van der Waals surface area contributed by atoms with Gasteiger partial charge in [-0.25, -0.2) is 4.98 Å². The van der Waals surface area contributed by atoms with Crippen LogP contribution in [0.3, 0.4) is 0 Å². The lowest BCUT2D eigenvalue weighted by atomic mass is 9.97. The van der Waals surface area contributed by atoms with Gasteiger partial charge >= 0.3 is 5.69 Å². The highest BCUT2D eigenvalue weighted by atomic mass is 32.1. The zero-order valence-electron chi connectivity index (χ0n) is 13.6. The molecule has 10 nitrogen and oxygen atoms in total. The first-order chi connectivity index (χ1) is 12.4. The Labute approximate surface area is 151 Å². The standard InChI is InChI=1S/C15H12N4O6S/c1-24-11-6-8(5-10(19(22)23)13(11)25-2)12(20)9(7-16)14(21)18-15-17-3-4-26-15/h3-6,9H,1-2H3,(H,17,18,21). The van der Waals surface area contributed by atoms with Crippen molar-refractivity contribution < 1.29 is 24.0 Å². The predicted octanol–water partition coefficient (Wildman–Crippen LogP) is 2.03. The molecule has 1 aromatic carbocycles. The number of ketones is 1. The van der Waals surface area contributed by atoms with Crippen molar-refractivity contribution in [3.63, 3.8) is 0 Å². The number of ether oxygens (including phenoxy) is 2. The van der Waals surface area contributed by atoms with Gasteiger partial charge in [-0.2, -0.15) is 5.26 Å². The highest BCUT2D eigenvalue weighted by Crippen LogP contribution is 2.38. The molecule has 0 saturated carbocycles. The van der Waals surface area contributed by atoms with Gasteiger partial charge in [0.15, 0.2) is 22.6 Å². The number of aromatic nitrogens is 1. The molecule has 0 bridgehead atoms. The van der Waals surface area contributed by atoms with E-state index in [-0.39, 0.29) is 22.2 Å². The van der Waals surface area contributed by atoms with Gasteiger partial charge in [0, 0.05) is 23.2 Å². The number of carbonyl (C=O) groups is 2. The van der Waals surface area contributed by atoms with E-state index in [0.717, 1.165) is 17.4 Å². The molecule has 0 radical (unpaired) electrons. The number of rotatable bonds is 7. The number of nitro benzene ring substituents is 1. The van der Waals surface area contributed by atoms with Crippen LogP contribution in [0.1, 0.15) is 10.4 Å². The molecule has 0 fully saturated rings. The quantitative estimate of drug-likeness (QED) is 0.334. The summed E-state index contributed by atoms with van der Waals surface area (Å²) in [7, 11) is 2.46. The number of thiazole rings is 1. The SMILES string of the molecule is COc1cc(C(=O)C(C#N)C(=O)Nc2nccs2)cc([N+](=O)[O-])c1OC. The van der Waals surface area contributed by atoms with Crippen LogP contribution in [0, 0.1) is 27.4 Å². The third-order valence-electron chi connectivity index (χ3n) is 3.26. The summed E-state index contributed by atoms with van der Waals surface area (Å²) in [6.45, 7) is 0. The van der Waals surface area contributed by atoms with Crippen molar-refractivity contribution in [3.8, 4) is 17.6 Å². The van der Waals surface area contributed by atoms with Gasteiger partial charge in [-0.15, -0.1) is 11.3 Å². The number of nitrogens with zero attached hydrogens (tertiary/aromatic N) is 3. The topological polar surface area (TPSA) is 144 Å². The summed E-state index contributed by atoms with van der Waals surface area (Å²) in [6, 6.07) is 3.71. The molecule has 0 aliphatic carbocycles. The number of nitro groups is 1. The summed E-state index contributed by atoms with van der Waals surface area (Å²) in [6.07, 6.45) is 1.45. The molecule has 0 spiro atoms. The molecule has 0 aliphatic rings. The fraction of sp³-hybridized carbons (Fsp3) is 0.200. The summed E-state index contributed by atoms with van der Waals surface area (Å²) in [5.74, 6) is -3.75. The first kappa shape index (κ1) is 18.8. The number of carbonyl (C=O) groups excluding carboxylic acids is 2. The van der Waals surface area contributed by atoms with E-state index in [1.54, 1.807) is 11.4 Å². The zero-order chi connectivity index (χ0) is 19.3. The Kier molecular flexibility index (Phi) is 5.82. The minimum Gasteiger partial charge on any atom is -0.493 e. The van der Waals surface area contributed by atoms with Crippen molar-refractivity contribution in [3.05, 3.63) is 39.4 Å². The summed E-state index contributed by atoms with van der Waals surface area (Å²) in [5, 5.41) is 24.6. The van der Waals surface area contributed by atoms with Crippen molar-refractivity contribution in [2.24, 2.45) is 5.92 Å². The van der Waals surface area contributed by atoms with E-state index in [1.165, 1.54) is 26.5 Å². The zero-order valence-corrected chi connectivity index (χ0v) is 14.4. The highest BCUT2D eigenvalue weighted by molar-refractivity contribution is 7.13. The number of benzene rings is 1. The Balaban J connectivity index is 2.40. The Morgan fingerprint density at radius 3 is 2.62 bits per heavy atom. The van der Waals surface area contributed by atoms with Crippen molar-refractivity contribution in [2.75, 3.05) is 19.5 Å². The number of Topliss-reactive ketones (excluding diaryl/α,β-unsaturated/α-hetero) is 1. The molecule has 0 aliphatic heterocycles. The van der Waals surface area contributed by atoms with E-state index in [4.69, 9.17) is 9.47 Å². The number of hydrogen-bond acceptors (Lipinski definition) is 9. The number of hydrogen-bond donors (Lipinski definition) is 1. The monoisotopic (exact) mass is 376 g/mol. The van der Waals surface area contributed by atoms with Crippen molar-refractivity contribution in [2.45, 2.75) is 0 Å². The fourth-order valence-electron chi connectivity index (χ4n) is 2.09. The van der Waals surface area contributed by atoms with Gasteiger partial charge in [-0.3, -0.25) is 19.7 Å². The molecule has 1 heterocycles. The maximum atomic E-state index is 12.6. The second-order valence-corrected chi connectivity index (χ2v) is 5.64. The second kappa shape index (κ2) is 8.04. The molecule has 1 N–H and O–H groups in total. The van der Waals surface area contributed by atoms with Gasteiger partial charge < -0.3 is 14.8 Å². The molecular formula is C15H12N4O6S. The number of nitriles is 1. The molecule has 1 unspecified atom stereocenters. The van der Waals surface area contributed by atoms with E-state index in [1.807, 2.05) is 0 Å². The molecule has 0 saturated heterocycles. The highest BCUT2D eigenvalue weighted by Gasteiger charge is 2.31. The van der Waals surface area contributed by atoms with Crippen LogP contribution in [0.25, 0.3) is 0 Å². The summed E-state index contributed by atoms with van der Waals surface area (Å²) in [5.41, 5.74) is -0.748. The molecule has 2 aromatic rings. The average molecular weight is 376 g/mol. The van der Waals surface area contributed by atoms with Crippen LogP contribution in [-0.2, 0) is 4.79 Å². The predicted molar refractivity (Wildman–Crippen MR) is 90.4 cm³/mol. The third-order valence-corrected chi connectivity index (χ3v) is 3.94. The molecule has 1 amide bonds. The van der Waals surface area contributed by atoms with Gasteiger partial charge in [0.25, 0.3) is 5.91 Å². The molecule has 1 atom stereocenters. The Morgan fingerprint density at radius 2 is 2.12 bits per heavy atom. The van der Waals surface area contributed by atoms with E-state index < -0.39 is 28.2 Å². The second-order valence-electron chi connectivity index (χ2n) is 4.74. The first-order valence-electron chi connectivity index (χ1n) is 6.97. The van der Waals surface area contributed by atoms with Crippen LogP contribution in [0.2, 0.25) is 0 Å². The summed E-state index contributed by atoms with van der Waals surface area (Å²) in [4.78, 5) is 39.0. The molecule has 11 heteroatoms. The maximum absolute atomic E-state index is 12.6. The molecule has 26 heavy (non-hydrogen) atoms.